The van der Waals surface area contributed by atoms with E-state index < -0.39 is 60.2 Å². The minimum Gasteiger partial charge on any atom is -0.351 e. The summed E-state index contributed by atoms with van der Waals surface area (Å²) in [7, 11) is 0. The van der Waals surface area contributed by atoms with Crippen LogP contribution in [0.4, 0.5) is 23.2 Å². The van der Waals surface area contributed by atoms with Crippen LogP contribution in [0.5, 0.6) is 0 Å². The summed E-state index contributed by atoms with van der Waals surface area (Å²) in [6.07, 6.45) is -3.22. The van der Waals surface area contributed by atoms with Gasteiger partial charge in [-0.15, -0.1) is 0 Å². The summed E-state index contributed by atoms with van der Waals surface area (Å²) < 4.78 is 51.3. The fourth-order valence-corrected chi connectivity index (χ4v) is 2.16. The molecule has 1 aromatic heterocycles. The van der Waals surface area contributed by atoms with Crippen LogP contribution < -0.4 is 5.32 Å². The Labute approximate surface area is 121 Å². The van der Waals surface area contributed by atoms with Crippen LogP contribution in [-0.2, 0) is 4.79 Å². The van der Waals surface area contributed by atoms with Crippen LogP contribution in [0.25, 0.3) is 0 Å². The van der Waals surface area contributed by atoms with Crippen molar-refractivity contribution in [3.63, 3.8) is 0 Å². The molecule has 0 bridgehead atoms. The van der Waals surface area contributed by atoms with E-state index >= 15 is 0 Å². The largest absolute Gasteiger partial charge is 0.351 e. The van der Waals surface area contributed by atoms with E-state index in [4.69, 9.17) is 0 Å². The van der Waals surface area contributed by atoms with Crippen LogP contribution in [0.3, 0.4) is 0 Å². The maximum atomic E-state index is 12.7. The molecule has 1 aliphatic rings. The van der Waals surface area contributed by atoms with E-state index in [1.807, 2.05) is 0 Å². The molecular formula is C11H12F4N4O3. The van der Waals surface area contributed by atoms with Crippen LogP contribution in [0.15, 0.2) is 12.4 Å². The first-order valence-corrected chi connectivity index (χ1v) is 6.33. The van der Waals surface area contributed by atoms with Crippen LogP contribution in [-0.4, -0.2) is 39.0 Å². The molecule has 2 rings (SSSR count). The van der Waals surface area contributed by atoms with Gasteiger partial charge in [0.25, 0.3) is 5.92 Å². The number of nitro groups is 1. The lowest BCUT2D eigenvalue weighted by Crippen LogP contribution is -2.52. The number of alkyl halides is 4. The summed E-state index contributed by atoms with van der Waals surface area (Å²) in [6, 6.07) is -2.30. The number of nitrogens with one attached hydrogen (secondary N) is 1. The number of carbonyl (C=O) groups is 1. The van der Waals surface area contributed by atoms with Crippen molar-refractivity contribution in [3.05, 3.63) is 22.5 Å². The molecule has 1 heterocycles. The number of hydrogen-bond donors (Lipinski definition) is 1. The fraction of sp³-hybridized carbons (Fsp3) is 0.636. The second kappa shape index (κ2) is 5.89. The van der Waals surface area contributed by atoms with E-state index in [1.54, 1.807) is 0 Å². The first-order valence-electron chi connectivity index (χ1n) is 6.33. The molecule has 1 amide bonds. The van der Waals surface area contributed by atoms with Gasteiger partial charge in [0.15, 0.2) is 0 Å². The van der Waals surface area contributed by atoms with Gasteiger partial charge in [-0.3, -0.25) is 19.6 Å². The molecule has 1 unspecified atom stereocenters. The van der Waals surface area contributed by atoms with Crippen LogP contribution in [0.2, 0.25) is 0 Å². The van der Waals surface area contributed by atoms with Crippen LogP contribution in [0.1, 0.15) is 25.3 Å². The average molecular weight is 324 g/mol. The van der Waals surface area contributed by atoms with Crippen molar-refractivity contribution in [2.75, 3.05) is 0 Å². The Kier molecular flexibility index (Phi) is 4.33. The highest BCUT2D eigenvalue weighted by molar-refractivity contribution is 5.80. The lowest BCUT2D eigenvalue weighted by atomic mass is 9.88. The van der Waals surface area contributed by atoms with Gasteiger partial charge in [0.05, 0.1) is 4.92 Å². The molecule has 122 valence electrons. The predicted molar refractivity (Wildman–Crippen MR) is 64.7 cm³/mol. The van der Waals surface area contributed by atoms with Crippen molar-refractivity contribution < 1.29 is 27.3 Å². The maximum Gasteiger partial charge on any atom is 0.307 e. The molecule has 1 atom stereocenters. The van der Waals surface area contributed by atoms with Crippen LogP contribution >= 0.6 is 0 Å². The minimum atomic E-state index is -2.86. The van der Waals surface area contributed by atoms with Gasteiger partial charge >= 0.3 is 5.69 Å². The standard InChI is InChI=1S/C11H12F4N4O3/c12-9(13)1-8(18-5-7(4-16-18)19(21)22)10(20)17-6-2-11(14,15)3-6/h4-6,8-9H,1-3H2,(H,17,20). The lowest BCUT2D eigenvalue weighted by molar-refractivity contribution is -0.385. The highest BCUT2D eigenvalue weighted by Crippen LogP contribution is 2.37. The maximum absolute atomic E-state index is 12.7. The lowest BCUT2D eigenvalue weighted by Gasteiger charge is -2.36. The topological polar surface area (TPSA) is 90.1 Å². The Morgan fingerprint density at radius 2 is 2.18 bits per heavy atom. The number of rotatable bonds is 6. The van der Waals surface area contributed by atoms with Crippen molar-refractivity contribution in [3.8, 4) is 0 Å². The molecule has 1 aromatic rings. The second-order valence-corrected chi connectivity index (χ2v) is 5.05. The first-order chi connectivity index (χ1) is 10.2. The van der Waals surface area contributed by atoms with E-state index in [9.17, 15) is 32.5 Å². The number of hydrogen-bond acceptors (Lipinski definition) is 4. The number of amides is 1. The molecule has 7 nitrogen and oxygen atoms in total. The van der Waals surface area contributed by atoms with E-state index in [1.165, 1.54) is 0 Å². The van der Waals surface area contributed by atoms with Crippen molar-refractivity contribution in [1.29, 1.82) is 0 Å². The van der Waals surface area contributed by atoms with Crippen molar-refractivity contribution in [2.24, 2.45) is 0 Å². The molecule has 1 aliphatic carbocycles. The quantitative estimate of drug-likeness (QED) is 0.491. The Balaban J connectivity index is 2.08. The van der Waals surface area contributed by atoms with E-state index in [2.05, 4.69) is 10.4 Å². The summed E-state index contributed by atoms with van der Waals surface area (Å²) in [4.78, 5) is 21.7. The fourth-order valence-electron chi connectivity index (χ4n) is 2.16. The summed E-state index contributed by atoms with van der Waals surface area (Å²) in [6.45, 7) is 0. The molecule has 0 radical (unpaired) electrons. The van der Waals surface area contributed by atoms with Crippen LogP contribution in [0, 0.1) is 10.1 Å². The van der Waals surface area contributed by atoms with Gasteiger partial charge in [-0.25, -0.2) is 17.6 Å². The monoisotopic (exact) mass is 324 g/mol. The summed E-state index contributed by atoms with van der Waals surface area (Å²) in [5.74, 6) is -3.78. The third-order valence-electron chi connectivity index (χ3n) is 3.26. The number of aromatic nitrogens is 2. The molecule has 0 saturated heterocycles. The molecule has 1 N–H and O–H groups in total. The summed E-state index contributed by atoms with van der Waals surface area (Å²) >= 11 is 0. The predicted octanol–water partition coefficient (Wildman–Crippen LogP) is 1.90. The Bertz CT molecular complexity index is 569. The van der Waals surface area contributed by atoms with Gasteiger partial charge in [0.1, 0.15) is 18.4 Å². The Morgan fingerprint density at radius 1 is 1.55 bits per heavy atom. The smallest absolute Gasteiger partial charge is 0.307 e. The van der Waals surface area contributed by atoms with E-state index in [0.717, 1.165) is 17.1 Å². The van der Waals surface area contributed by atoms with Gasteiger partial charge in [-0.05, 0) is 0 Å². The van der Waals surface area contributed by atoms with Gasteiger partial charge < -0.3 is 5.32 Å². The third kappa shape index (κ3) is 3.71. The zero-order chi connectivity index (χ0) is 16.5. The number of nitrogens with zero attached hydrogens (tertiary/aromatic N) is 3. The number of carbonyl (C=O) groups excluding carboxylic acids is 1. The molecule has 0 aromatic carbocycles. The van der Waals surface area contributed by atoms with Gasteiger partial charge in [0.2, 0.25) is 12.3 Å². The van der Waals surface area contributed by atoms with Gasteiger partial charge in [0, 0.05) is 25.3 Å². The van der Waals surface area contributed by atoms with Crippen molar-refractivity contribution in [2.45, 2.75) is 43.7 Å². The third-order valence-corrected chi connectivity index (χ3v) is 3.26. The molecule has 22 heavy (non-hydrogen) atoms. The normalized spacial score (nSPS) is 18.8. The molecule has 11 heteroatoms. The zero-order valence-electron chi connectivity index (χ0n) is 11.1. The average Bonchev–Trinajstić information content (AvgIpc) is 2.82. The molecular weight excluding hydrogens is 312 g/mol. The molecule has 1 fully saturated rings. The highest BCUT2D eigenvalue weighted by atomic mass is 19.3. The summed E-state index contributed by atoms with van der Waals surface area (Å²) in [5, 5.41) is 16.3. The first kappa shape index (κ1) is 16.2. The van der Waals surface area contributed by atoms with Gasteiger partial charge in [-0.2, -0.15) is 5.10 Å². The minimum absolute atomic E-state index is 0.456. The van der Waals surface area contributed by atoms with Crippen molar-refractivity contribution in [1.82, 2.24) is 15.1 Å². The summed E-state index contributed by atoms with van der Waals surface area (Å²) in [5.41, 5.74) is -0.456. The molecule has 0 spiro atoms. The Hall–Kier alpha value is -2.20. The zero-order valence-corrected chi connectivity index (χ0v) is 11.1. The van der Waals surface area contributed by atoms with E-state index in [0.29, 0.717) is 0 Å². The molecule has 0 aliphatic heterocycles. The molecule has 1 saturated carbocycles. The van der Waals surface area contributed by atoms with E-state index in [-0.39, 0.29) is 0 Å². The highest BCUT2D eigenvalue weighted by Gasteiger charge is 2.46. The second-order valence-electron chi connectivity index (χ2n) is 5.05. The Morgan fingerprint density at radius 3 is 2.64 bits per heavy atom. The SMILES string of the molecule is O=C(NC1CC(F)(F)C1)C(CC(F)F)n1cc([N+](=O)[O-])cn1. The van der Waals surface area contributed by atoms with Gasteiger partial charge in [-0.1, -0.05) is 0 Å². The van der Waals surface area contributed by atoms with Crippen molar-refractivity contribution >= 4 is 11.6 Å². The number of halogens is 4.